The van der Waals surface area contributed by atoms with Gasteiger partial charge in [0.05, 0.1) is 23.3 Å². The Morgan fingerprint density at radius 1 is 0.686 bits per heavy atom. The number of allylic oxidation sites excluding steroid dienone is 2. The van der Waals surface area contributed by atoms with E-state index >= 15 is 0 Å². The number of nitrogens with two attached hydrogens (primary N) is 2. The van der Waals surface area contributed by atoms with Gasteiger partial charge in [0.15, 0.2) is 28.6 Å². The van der Waals surface area contributed by atoms with E-state index in [0.717, 1.165) is 0 Å². The topological polar surface area (TPSA) is 323 Å². The van der Waals surface area contributed by atoms with Crippen LogP contribution >= 0.6 is 0 Å². The Morgan fingerprint density at radius 3 is 1.54 bits per heavy atom. The molecular weight excluding hydrogens is 905 g/mol. The van der Waals surface area contributed by atoms with Crippen molar-refractivity contribution < 1.29 is 69.6 Å². The van der Waals surface area contributed by atoms with Gasteiger partial charge in [-0.15, -0.1) is 0 Å². The SMILES string of the molecule is CN(C)[C@@H]1C(O)=C(C(N)=O)C(=O)[C@@]2(O)C(O)=C3C(=O)c4c(O)ccc(C#CCCC#Cc5ccc(O)c6c5C[C@@]5(C)C[C@@]7(C)[C@H](N(C)C)C(O)C(C(N)=O)C(=O)[C@@]7(O)C(O)=C5C6=O)c4C[C@@]3(C)C[C@@]12C. The first kappa shape index (κ1) is 49.6. The van der Waals surface area contributed by atoms with Crippen LogP contribution in [0.4, 0.5) is 0 Å². The molecule has 6 aliphatic carbocycles. The van der Waals surface area contributed by atoms with Crippen molar-refractivity contribution in [2.75, 3.05) is 28.2 Å². The van der Waals surface area contributed by atoms with E-state index < -0.39 is 126 Å². The fourth-order valence-corrected chi connectivity index (χ4v) is 13.7. The van der Waals surface area contributed by atoms with Gasteiger partial charge in [0.2, 0.25) is 11.7 Å². The van der Waals surface area contributed by atoms with Crippen LogP contribution < -0.4 is 11.5 Å². The molecule has 18 heteroatoms. The molecule has 8 rings (SSSR count). The Hall–Kier alpha value is -6.80. The predicted octanol–water partition coefficient (Wildman–Crippen LogP) is 1.46. The molecule has 0 radical (unpaired) electrons. The van der Waals surface area contributed by atoms with Gasteiger partial charge >= 0.3 is 0 Å². The van der Waals surface area contributed by atoms with E-state index in [-0.39, 0.29) is 60.8 Å². The summed E-state index contributed by atoms with van der Waals surface area (Å²) in [5, 5.41) is 93.2. The monoisotopic (exact) mass is 960 g/mol. The van der Waals surface area contributed by atoms with E-state index in [1.54, 1.807) is 48.1 Å². The second kappa shape index (κ2) is 15.9. The second-order valence-electron chi connectivity index (χ2n) is 21.2. The number of benzene rings is 2. The molecule has 2 unspecified atom stereocenters. The zero-order valence-corrected chi connectivity index (χ0v) is 39.9. The number of carbonyl (C=O) groups is 6. The van der Waals surface area contributed by atoms with Crippen molar-refractivity contribution in [2.45, 2.75) is 95.6 Å². The molecule has 2 aromatic rings. The minimum Gasteiger partial charge on any atom is -0.510 e. The van der Waals surface area contributed by atoms with Crippen LogP contribution in [0, 0.1) is 51.3 Å². The quantitative estimate of drug-likeness (QED) is 0.0878. The van der Waals surface area contributed by atoms with Gasteiger partial charge in [-0.05, 0) is 89.3 Å². The summed E-state index contributed by atoms with van der Waals surface area (Å²) in [4.78, 5) is 84.7. The number of ketones is 4. The summed E-state index contributed by atoms with van der Waals surface area (Å²) < 4.78 is 0. The normalized spacial score (nSPS) is 34.4. The lowest BCUT2D eigenvalue weighted by atomic mass is 9.45. The molecule has 18 nitrogen and oxygen atoms in total. The number of aromatic hydroxyl groups is 2. The summed E-state index contributed by atoms with van der Waals surface area (Å²) in [6.07, 6.45) is -1.56. The van der Waals surface area contributed by atoms with Gasteiger partial charge in [-0.2, -0.15) is 0 Å². The molecule has 1 saturated carbocycles. The lowest BCUT2D eigenvalue weighted by Gasteiger charge is -2.62. The number of hydrogen-bond acceptors (Lipinski definition) is 16. The first-order valence-corrected chi connectivity index (χ1v) is 22.6. The van der Waals surface area contributed by atoms with Crippen LogP contribution in [-0.4, -0.2) is 143 Å². The summed E-state index contributed by atoms with van der Waals surface area (Å²) in [6, 6.07) is 3.29. The molecule has 2 aromatic carbocycles. The number of aliphatic hydroxyl groups is 6. The molecular formula is C52H56N4O14. The van der Waals surface area contributed by atoms with Gasteiger partial charge in [-0.25, -0.2) is 0 Å². The molecule has 368 valence electrons. The van der Waals surface area contributed by atoms with Crippen LogP contribution in [0.5, 0.6) is 11.5 Å². The smallest absolute Gasteiger partial charge is 0.255 e. The molecule has 0 saturated heterocycles. The average Bonchev–Trinajstić information content (AvgIpc) is 3.22. The maximum atomic E-state index is 14.4. The molecule has 0 spiro atoms. The summed E-state index contributed by atoms with van der Waals surface area (Å²) in [7, 11) is 6.26. The zero-order valence-electron chi connectivity index (χ0n) is 39.9. The Morgan fingerprint density at radius 2 is 1.13 bits per heavy atom. The number of primary amides is 2. The average molecular weight is 961 g/mol. The van der Waals surface area contributed by atoms with Gasteiger partial charge in [-0.3, -0.25) is 33.7 Å². The van der Waals surface area contributed by atoms with E-state index in [2.05, 4.69) is 23.7 Å². The number of hydrogen-bond donors (Lipinski definition) is 10. The van der Waals surface area contributed by atoms with Crippen LogP contribution in [0.3, 0.4) is 0 Å². The number of amides is 2. The van der Waals surface area contributed by atoms with Crippen LogP contribution in [0.2, 0.25) is 0 Å². The van der Waals surface area contributed by atoms with E-state index in [9.17, 15) is 69.6 Å². The van der Waals surface area contributed by atoms with E-state index in [1.165, 1.54) is 41.8 Å². The standard InChI is InChI=1S/C52H56N4O14/c1-47-19-25-23(15-17-27(57)29(25)35(59)33(47)43(65)51(69)41(63)31(45(53)67)37(61)39(55(5)6)49(51,3)21-47)13-11-9-10-12-14-24-16-18-28(58)30-26(24)20-48(2)22-50(4)40(56(7)8)38(62)32(46(54)68)42(64)52(50,70)44(66)34(48)36(30)60/h15-18,31,37,39-40,57-58,61-62,65-66,69-70H,9-10,19-22H2,1-8H3,(H2,53,67)(H2,54,68)/t31?,37?,39-,40-,47+,48+,49+,50+,51-,52-/m1/s1. The number of nitrogens with zero attached hydrogens (tertiary/aromatic N) is 2. The summed E-state index contributed by atoms with van der Waals surface area (Å²) in [5.41, 5.74) is -1.06. The highest BCUT2D eigenvalue weighted by Gasteiger charge is 2.74. The molecule has 0 heterocycles. The van der Waals surface area contributed by atoms with Crippen molar-refractivity contribution in [3.63, 3.8) is 0 Å². The largest absolute Gasteiger partial charge is 0.510 e. The Kier molecular flexibility index (Phi) is 11.2. The Bertz CT molecular complexity index is 3020. The molecule has 12 N–H and O–H groups in total. The van der Waals surface area contributed by atoms with Gasteiger partial charge in [0.1, 0.15) is 40.3 Å². The lowest BCUT2D eigenvalue weighted by molar-refractivity contribution is -0.204. The van der Waals surface area contributed by atoms with Crippen molar-refractivity contribution in [2.24, 2.45) is 39.0 Å². The molecule has 2 amide bonds. The van der Waals surface area contributed by atoms with Crippen molar-refractivity contribution >= 4 is 34.9 Å². The summed E-state index contributed by atoms with van der Waals surface area (Å²) >= 11 is 0. The first-order valence-electron chi connectivity index (χ1n) is 22.6. The third-order valence-electron chi connectivity index (χ3n) is 16.2. The maximum Gasteiger partial charge on any atom is 0.255 e. The molecule has 6 aliphatic rings. The van der Waals surface area contributed by atoms with E-state index in [0.29, 0.717) is 22.3 Å². The Labute approximate surface area is 403 Å². The lowest BCUT2D eigenvalue weighted by Crippen LogP contribution is -2.76. The number of carbonyl (C=O) groups excluding carboxylic acids is 6. The number of phenols is 2. The molecule has 0 bridgehead atoms. The van der Waals surface area contributed by atoms with Crippen LogP contribution in [0.1, 0.15) is 96.3 Å². The highest BCUT2D eigenvalue weighted by atomic mass is 16.4. The summed E-state index contributed by atoms with van der Waals surface area (Å²) in [6.45, 7) is 6.32. The number of Topliss-reactive ketones (excluding diaryl/α,β-unsaturated/α-hetero) is 4. The van der Waals surface area contributed by atoms with Crippen LogP contribution in [0.15, 0.2) is 58.3 Å². The van der Waals surface area contributed by atoms with Crippen LogP contribution in [-0.2, 0) is 32.0 Å². The molecule has 1 fully saturated rings. The highest BCUT2D eigenvalue weighted by molar-refractivity contribution is 6.25. The zero-order chi connectivity index (χ0) is 51.9. The molecule has 70 heavy (non-hydrogen) atoms. The van der Waals surface area contributed by atoms with E-state index in [4.69, 9.17) is 11.5 Å². The number of fused-ring (bicyclic) bond motifs is 6. The van der Waals surface area contributed by atoms with Gasteiger partial charge in [0.25, 0.3) is 5.91 Å². The fourth-order valence-electron chi connectivity index (χ4n) is 13.7. The van der Waals surface area contributed by atoms with Crippen molar-refractivity contribution in [1.29, 1.82) is 0 Å². The summed E-state index contributed by atoms with van der Waals surface area (Å²) in [5.74, 6) is -0.00750. The maximum absolute atomic E-state index is 14.4. The minimum absolute atomic E-state index is 0.00382. The van der Waals surface area contributed by atoms with Crippen molar-refractivity contribution in [3.8, 4) is 35.2 Å². The highest BCUT2D eigenvalue weighted by Crippen LogP contribution is 2.65. The first-order chi connectivity index (χ1) is 32.4. The predicted molar refractivity (Wildman–Crippen MR) is 249 cm³/mol. The second-order valence-corrected chi connectivity index (χ2v) is 21.2. The fraction of sp³-hybridized carbons (Fsp3) is 0.462. The van der Waals surface area contributed by atoms with Gasteiger partial charge in [-0.1, -0.05) is 51.4 Å². The third kappa shape index (κ3) is 6.26. The van der Waals surface area contributed by atoms with Gasteiger partial charge < -0.3 is 57.2 Å². The Balaban J connectivity index is 1.10. The molecule has 0 aliphatic heterocycles. The van der Waals surface area contributed by atoms with Crippen molar-refractivity contribution in [1.82, 2.24) is 9.80 Å². The number of rotatable bonds is 5. The number of aliphatic hydroxyl groups excluding tert-OH is 4. The number of phenolic OH excluding ortho intramolecular Hbond substituents is 2. The number of unbranched alkanes of at least 4 members (excludes halogenated alkanes) is 1. The van der Waals surface area contributed by atoms with Gasteiger partial charge in [0, 0.05) is 62.8 Å². The molecule has 10 atom stereocenters. The minimum atomic E-state index is -2.86. The molecule has 0 aromatic heterocycles. The van der Waals surface area contributed by atoms with E-state index in [1.807, 2.05) is 0 Å². The third-order valence-corrected chi connectivity index (χ3v) is 16.2. The van der Waals surface area contributed by atoms with Crippen molar-refractivity contribution in [3.05, 3.63) is 91.6 Å². The number of likely N-dealkylation sites (N-methyl/N-ethyl adjacent to an activating group) is 2. The van der Waals surface area contributed by atoms with Crippen LogP contribution in [0.25, 0.3) is 0 Å².